The zero-order valence-electron chi connectivity index (χ0n) is 12.7. The van der Waals surface area contributed by atoms with Gasteiger partial charge in [-0.2, -0.15) is 0 Å². The van der Waals surface area contributed by atoms with Crippen LogP contribution >= 0.6 is 0 Å². The maximum Gasteiger partial charge on any atom is 0.406 e. The summed E-state index contributed by atoms with van der Waals surface area (Å²) in [6.07, 6.45) is -0.407. The number of benzene rings is 1. The fourth-order valence-electron chi connectivity index (χ4n) is 2.20. The maximum atomic E-state index is 11.3. The van der Waals surface area contributed by atoms with E-state index < -0.39 is 6.09 Å². The third-order valence-corrected chi connectivity index (χ3v) is 3.38. The number of rotatable bonds is 7. The standard InChI is InChI=1S/C15H24N2O3/c1-5-17(6-2)14(11-16-15(18)20-4)12-7-9-13(19-3)10-8-12/h7-10,14H,5-6,11H2,1-4H3,(H,16,18). The van der Waals surface area contributed by atoms with Crippen LogP contribution in [0.1, 0.15) is 25.5 Å². The Balaban J connectivity index is 2.86. The van der Waals surface area contributed by atoms with Crippen molar-refractivity contribution in [2.45, 2.75) is 19.9 Å². The van der Waals surface area contributed by atoms with Crippen molar-refractivity contribution in [2.24, 2.45) is 0 Å². The van der Waals surface area contributed by atoms with Gasteiger partial charge < -0.3 is 14.8 Å². The second-order valence-corrected chi connectivity index (χ2v) is 4.38. The average molecular weight is 280 g/mol. The van der Waals surface area contributed by atoms with Gasteiger partial charge in [0.2, 0.25) is 0 Å². The molecule has 1 N–H and O–H groups in total. The first-order valence-corrected chi connectivity index (χ1v) is 6.86. The summed E-state index contributed by atoms with van der Waals surface area (Å²) in [5.74, 6) is 0.827. The van der Waals surface area contributed by atoms with Gasteiger partial charge in [-0.1, -0.05) is 26.0 Å². The molecular weight excluding hydrogens is 256 g/mol. The fourth-order valence-corrected chi connectivity index (χ4v) is 2.20. The van der Waals surface area contributed by atoms with Gasteiger partial charge in [0, 0.05) is 6.54 Å². The van der Waals surface area contributed by atoms with Gasteiger partial charge in [0.15, 0.2) is 0 Å². The first-order chi connectivity index (χ1) is 9.65. The van der Waals surface area contributed by atoms with E-state index in [-0.39, 0.29) is 6.04 Å². The Kier molecular flexibility index (Phi) is 6.87. The maximum absolute atomic E-state index is 11.3. The molecule has 0 aliphatic carbocycles. The lowest BCUT2D eigenvalue weighted by Crippen LogP contribution is -2.38. The number of nitrogens with one attached hydrogen (secondary N) is 1. The molecule has 0 aromatic heterocycles. The van der Waals surface area contributed by atoms with Gasteiger partial charge in [-0.05, 0) is 30.8 Å². The van der Waals surface area contributed by atoms with Crippen LogP contribution in [0.15, 0.2) is 24.3 Å². The molecule has 0 spiro atoms. The smallest absolute Gasteiger partial charge is 0.406 e. The zero-order chi connectivity index (χ0) is 15.0. The van der Waals surface area contributed by atoms with Gasteiger partial charge in [0.25, 0.3) is 0 Å². The van der Waals surface area contributed by atoms with Gasteiger partial charge in [-0.25, -0.2) is 4.79 Å². The van der Waals surface area contributed by atoms with Gasteiger partial charge in [0.1, 0.15) is 5.75 Å². The van der Waals surface area contributed by atoms with E-state index in [1.54, 1.807) is 7.11 Å². The van der Waals surface area contributed by atoms with Crippen LogP contribution in [-0.2, 0) is 4.74 Å². The molecule has 0 aliphatic heterocycles. The number of ether oxygens (including phenoxy) is 2. The number of carbonyl (C=O) groups excluding carboxylic acids is 1. The lowest BCUT2D eigenvalue weighted by molar-refractivity contribution is 0.160. The molecule has 5 nitrogen and oxygen atoms in total. The number of methoxy groups -OCH3 is 2. The molecule has 0 saturated heterocycles. The summed E-state index contributed by atoms with van der Waals surface area (Å²) in [6, 6.07) is 8.05. The molecule has 1 unspecified atom stereocenters. The van der Waals surface area contributed by atoms with E-state index in [2.05, 4.69) is 28.8 Å². The Labute approximate surface area is 120 Å². The molecule has 0 heterocycles. The zero-order valence-corrected chi connectivity index (χ0v) is 12.7. The van der Waals surface area contributed by atoms with Crippen LogP contribution < -0.4 is 10.1 Å². The van der Waals surface area contributed by atoms with Crippen LogP contribution in [0.5, 0.6) is 5.75 Å². The third-order valence-electron chi connectivity index (χ3n) is 3.38. The molecule has 0 aliphatic rings. The summed E-state index contributed by atoms with van der Waals surface area (Å²) in [7, 11) is 3.02. The van der Waals surface area contributed by atoms with Crippen molar-refractivity contribution >= 4 is 6.09 Å². The second kappa shape index (κ2) is 8.43. The highest BCUT2D eigenvalue weighted by atomic mass is 16.5. The number of carbonyl (C=O) groups is 1. The van der Waals surface area contributed by atoms with Gasteiger partial charge >= 0.3 is 6.09 Å². The Morgan fingerprint density at radius 2 is 1.80 bits per heavy atom. The third kappa shape index (κ3) is 4.42. The Morgan fingerprint density at radius 1 is 1.20 bits per heavy atom. The highest BCUT2D eigenvalue weighted by Gasteiger charge is 2.18. The minimum Gasteiger partial charge on any atom is -0.497 e. The average Bonchev–Trinajstić information content (AvgIpc) is 2.51. The van der Waals surface area contributed by atoms with Crippen LogP contribution in [0.2, 0.25) is 0 Å². The molecule has 1 amide bonds. The predicted octanol–water partition coefficient (Wildman–Crippen LogP) is 2.43. The van der Waals surface area contributed by atoms with Crippen LogP contribution in [0.4, 0.5) is 4.79 Å². The minimum absolute atomic E-state index is 0.120. The molecule has 0 radical (unpaired) electrons. The molecule has 1 aromatic rings. The van der Waals surface area contributed by atoms with Gasteiger partial charge in [-0.15, -0.1) is 0 Å². The first-order valence-electron chi connectivity index (χ1n) is 6.86. The summed E-state index contributed by atoms with van der Waals surface area (Å²) in [5.41, 5.74) is 1.14. The number of hydrogen-bond donors (Lipinski definition) is 1. The number of likely N-dealkylation sites (N-methyl/N-ethyl adjacent to an activating group) is 1. The SMILES string of the molecule is CCN(CC)C(CNC(=O)OC)c1ccc(OC)cc1. The number of alkyl carbamates (subject to hydrolysis) is 1. The van der Waals surface area contributed by atoms with E-state index >= 15 is 0 Å². The van der Waals surface area contributed by atoms with E-state index in [9.17, 15) is 4.79 Å². The lowest BCUT2D eigenvalue weighted by Gasteiger charge is -2.30. The molecule has 0 fully saturated rings. The number of amides is 1. The summed E-state index contributed by atoms with van der Waals surface area (Å²) >= 11 is 0. The predicted molar refractivity (Wildman–Crippen MR) is 79.1 cm³/mol. The van der Waals surface area contributed by atoms with E-state index in [0.29, 0.717) is 6.54 Å². The van der Waals surface area contributed by atoms with Crippen LogP contribution in [0, 0.1) is 0 Å². The Morgan fingerprint density at radius 3 is 2.25 bits per heavy atom. The monoisotopic (exact) mass is 280 g/mol. The van der Waals surface area contributed by atoms with Crippen molar-refractivity contribution in [2.75, 3.05) is 33.9 Å². The van der Waals surface area contributed by atoms with Crippen molar-refractivity contribution in [3.8, 4) is 5.75 Å². The highest BCUT2D eigenvalue weighted by Crippen LogP contribution is 2.22. The van der Waals surface area contributed by atoms with Crippen molar-refractivity contribution in [1.82, 2.24) is 10.2 Å². The summed E-state index contributed by atoms with van der Waals surface area (Å²) in [4.78, 5) is 13.6. The van der Waals surface area contributed by atoms with E-state index in [4.69, 9.17) is 4.74 Å². The topological polar surface area (TPSA) is 50.8 Å². The molecule has 20 heavy (non-hydrogen) atoms. The van der Waals surface area contributed by atoms with Crippen molar-refractivity contribution in [3.63, 3.8) is 0 Å². The van der Waals surface area contributed by atoms with Crippen molar-refractivity contribution < 1.29 is 14.3 Å². The lowest BCUT2D eigenvalue weighted by atomic mass is 10.0. The quantitative estimate of drug-likeness (QED) is 0.833. The number of hydrogen-bond acceptors (Lipinski definition) is 4. The highest BCUT2D eigenvalue weighted by molar-refractivity contribution is 5.66. The fraction of sp³-hybridized carbons (Fsp3) is 0.533. The molecule has 112 valence electrons. The van der Waals surface area contributed by atoms with Crippen LogP contribution in [0.3, 0.4) is 0 Å². The summed E-state index contributed by atoms with van der Waals surface area (Å²) in [6.45, 7) is 6.56. The first kappa shape index (κ1) is 16.3. The normalized spacial score (nSPS) is 12.1. The van der Waals surface area contributed by atoms with E-state index in [1.165, 1.54) is 7.11 Å². The molecule has 1 aromatic carbocycles. The Bertz CT molecular complexity index is 402. The largest absolute Gasteiger partial charge is 0.497 e. The summed E-state index contributed by atoms with van der Waals surface area (Å²) in [5, 5.41) is 2.77. The van der Waals surface area contributed by atoms with Crippen LogP contribution in [-0.4, -0.2) is 44.8 Å². The van der Waals surface area contributed by atoms with Crippen LogP contribution in [0.25, 0.3) is 0 Å². The van der Waals surface area contributed by atoms with Gasteiger partial charge in [-0.3, -0.25) is 4.90 Å². The van der Waals surface area contributed by atoms with E-state index in [1.807, 2.05) is 24.3 Å². The molecule has 0 bridgehead atoms. The summed E-state index contributed by atoms with van der Waals surface area (Å²) < 4.78 is 9.81. The number of nitrogens with zero attached hydrogens (tertiary/aromatic N) is 1. The minimum atomic E-state index is -0.407. The van der Waals surface area contributed by atoms with Crippen molar-refractivity contribution in [3.05, 3.63) is 29.8 Å². The van der Waals surface area contributed by atoms with Crippen molar-refractivity contribution in [1.29, 1.82) is 0 Å². The molecule has 5 heteroatoms. The molecular formula is C15H24N2O3. The molecule has 1 atom stereocenters. The van der Waals surface area contributed by atoms with E-state index in [0.717, 1.165) is 24.4 Å². The molecule has 1 rings (SSSR count). The second-order valence-electron chi connectivity index (χ2n) is 4.38. The Hall–Kier alpha value is -1.75. The van der Waals surface area contributed by atoms with Gasteiger partial charge in [0.05, 0.1) is 20.3 Å². The molecule has 0 saturated carbocycles.